The van der Waals surface area contributed by atoms with E-state index >= 15 is 0 Å². The molecule has 0 aromatic heterocycles. The zero-order valence-corrected chi connectivity index (χ0v) is 11.4. The number of anilines is 1. The van der Waals surface area contributed by atoms with Crippen molar-refractivity contribution < 1.29 is 9.53 Å². The number of carbonyl (C=O) groups is 1. The monoisotopic (exact) mass is 267 g/mol. The van der Waals surface area contributed by atoms with Crippen LogP contribution < -0.4 is 9.64 Å². The van der Waals surface area contributed by atoms with Crippen molar-refractivity contribution in [2.45, 2.75) is 25.7 Å². The molecule has 0 atom stereocenters. The van der Waals surface area contributed by atoms with Crippen molar-refractivity contribution in [3.05, 3.63) is 23.8 Å². The lowest BCUT2D eigenvalue weighted by atomic mass is 10.0. The van der Waals surface area contributed by atoms with Crippen LogP contribution in [-0.4, -0.2) is 25.4 Å². The molecule has 0 radical (unpaired) electrons. The van der Waals surface area contributed by atoms with Crippen LogP contribution in [0.15, 0.2) is 18.2 Å². The van der Waals surface area contributed by atoms with Crippen LogP contribution >= 0.6 is 11.6 Å². The van der Waals surface area contributed by atoms with E-state index in [1.165, 1.54) is 5.56 Å². The van der Waals surface area contributed by atoms with Crippen LogP contribution in [0.4, 0.5) is 5.69 Å². The lowest BCUT2D eigenvalue weighted by molar-refractivity contribution is -0.118. The normalized spacial score (nSPS) is 14.6. The number of rotatable bonds is 5. The van der Waals surface area contributed by atoms with Gasteiger partial charge in [-0.3, -0.25) is 4.79 Å². The number of aryl methyl sites for hydroxylation is 1. The topological polar surface area (TPSA) is 29.5 Å². The summed E-state index contributed by atoms with van der Waals surface area (Å²) in [7, 11) is 1.64. The first-order valence-corrected chi connectivity index (χ1v) is 6.83. The highest BCUT2D eigenvalue weighted by Crippen LogP contribution is 2.31. The molecule has 0 saturated carbocycles. The first-order valence-electron chi connectivity index (χ1n) is 6.29. The van der Waals surface area contributed by atoms with Gasteiger partial charge in [-0.2, -0.15) is 0 Å². The van der Waals surface area contributed by atoms with Crippen molar-refractivity contribution in [3.63, 3.8) is 0 Å². The summed E-state index contributed by atoms with van der Waals surface area (Å²) in [6, 6.07) is 5.95. The Labute approximate surface area is 113 Å². The van der Waals surface area contributed by atoms with Gasteiger partial charge >= 0.3 is 0 Å². The highest BCUT2D eigenvalue weighted by atomic mass is 35.5. The van der Waals surface area contributed by atoms with E-state index in [4.69, 9.17) is 16.3 Å². The smallest absolute Gasteiger partial charge is 0.227 e. The van der Waals surface area contributed by atoms with E-state index in [1.807, 2.05) is 17.0 Å². The average molecular weight is 268 g/mol. The summed E-state index contributed by atoms with van der Waals surface area (Å²) < 4.78 is 5.23. The highest BCUT2D eigenvalue weighted by molar-refractivity contribution is 6.17. The van der Waals surface area contributed by atoms with Crippen LogP contribution in [0.25, 0.3) is 0 Å². The second kappa shape index (κ2) is 6.10. The molecule has 1 amide bonds. The van der Waals surface area contributed by atoms with Crippen LogP contribution in [0.2, 0.25) is 0 Å². The van der Waals surface area contributed by atoms with Gasteiger partial charge in [0.2, 0.25) is 5.91 Å². The standard InChI is InChI=1S/C14H18ClNO2/c1-18-12-6-4-11-5-7-14(17)16(13(11)10-12)9-3-2-8-15/h4,6,10H,2-3,5,7-9H2,1H3. The number of hydrogen-bond acceptors (Lipinski definition) is 2. The molecule has 0 saturated heterocycles. The van der Waals surface area contributed by atoms with E-state index < -0.39 is 0 Å². The molecule has 1 heterocycles. The SMILES string of the molecule is COc1ccc2c(c1)N(CCCCCl)C(=O)CC2. The summed E-state index contributed by atoms with van der Waals surface area (Å²) in [5.74, 6) is 1.64. The van der Waals surface area contributed by atoms with Gasteiger partial charge in [-0.1, -0.05) is 6.07 Å². The van der Waals surface area contributed by atoms with Gasteiger partial charge in [0.25, 0.3) is 0 Å². The number of alkyl halides is 1. The summed E-state index contributed by atoms with van der Waals surface area (Å²) >= 11 is 5.68. The number of methoxy groups -OCH3 is 1. The van der Waals surface area contributed by atoms with E-state index in [1.54, 1.807) is 7.11 Å². The Balaban J connectivity index is 2.21. The van der Waals surface area contributed by atoms with Crippen LogP contribution in [0.5, 0.6) is 5.75 Å². The molecule has 0 spiro atoms. The van der Waals surface area contributed by atoms with Gasteiger partial charge in [-0.05, 0) is 30.9 Å². The van der Waals surface area contributed by atoms with Gasteiger partial charge in [0.05, 0.1) is 12.8 Å². The molecule has 1 aliphatic rings. The Morgan fingerprint density at radius 2 is 2.17 bits per heavy atom. The lowest BCUT2D eigenvalue weighted by Crippen LogP contribution is -2.35. The summed E-state index contributed by atoms with van der Waals surface area (Å²) in [6.45, 7) is 0.742. The van der Waals surface area contributed by atoms with Crippen LogP contribution in [0.3, 0.4) is 0 Å². The van der Waals surface area contributed by atoms with E-state index in [0.717, 1.165) is 37.2 Å². The quantitative estimate of drug-likeness (QED) is 0.606. The number of amides is 1. The van der Waals surface area contributed by atoms with Crippen LogP contribution in [0.1, 0.15) is 24.8 Å². The number of benzene rings is 1. The largest absolute Gasteiger partial charge is 0.497 e. The molecule has 1 aliphatic heterocycles. The zero-order chi connectivity index (χ0) is 13.0. The third-order valence-electron chi connectivity index (χ3n) is 3.26. The van der Waals surface area contributed by atoms with Crippen molar-refractivity contribution in [3.8, 4) is 5.75 Å². The zero-order valence-electron chi connectivity index (χ0n) is 10.6. The molecule has 0 fully saturated rings. The van der Waals surface area contributed by atoms with Crippen LogP contribution in [-0.2, 0) is 11.2 Å². The van der Waals surface area contributed by atoms with E-state index in [9.17, 15) is 4.79 Å². The number of unbranched alkanes of at least 4 members (excludes halogenated alkanes) is 1. The Morgan fingerprint density at radius 3 is 2.89 bits per heavy atom. The molecular formula is C14H18ClNO2. The molecule has 0 bridgehead atoms. The molecule has 0 unspecified atom stereocenters. The summed E-state index contributed by atoms with van der Waals surface area (Å²) in [6.07, 6.45) is 3.29. The Hall–Kier alpha value is -1.22. The maximum absolute atomic E-state index is 12.0. The summed E-state index contributed by atoms with van der Waals surface area (Å²) in [5, 5.41) is 0. The molecule has 3 nitrogen and oxygen atoms in total. The number of hydrogen-bond donors (Lipinski definition) is 0. The average Bonchev–Trinajstić information content (AvgIpc) is 2.41. The van der Waals surface area contributed by atoms with E-state index in [-0.39, 0.29) is 5.91 Å². The van der Waals surface area contributed by atoms with Crippen molar-refractivity contribution in [2.24, 2.45) is 0 Å². The number of halogens is 1. The van der Waals surface area contributed by atoms with Crippen molar-refractivity contribution >= 4 is 23.2 Å². The van der Waals surface area contributed by atoms with Gasteiger partial charge in [0, 0.05) is 24.9 Å². The van der Waals surface area contributed by atoms with Gasteiger partial charge < -0.3 is 9.64 Å². The fourth-order valence-electron chi connectivity index (χ4n) is 2.25. The van der Waals surface area contributed by atoms with E-state index in [2.05, 4.69) is 6.07 Å². The number of ether oxygens (including phenoxy) is 1. The third-order valence-corrected chi connectivity index (χ3v) is 3.53. The summed E-state index contributed by atoms with van der Waals surface area (Å²) in [5.41, 5.74) is 2.22. The molecule has 1 aromatic carbocycles. The molecule has 0 aliphatic carbocycles. The van der Waals surface area contributed by atoms with Gasteiger partial charge in [-0.25, -0.2) is 0 Å². The minimum absolute atomic E-state index is 0.199. The molecule has 1 aromatic rings. The fraction of sp³-hybridized carbons (Fsp3) is 0.500. The maximum atomic E-state index is 12.0. The molecule has 18 heavy (non-hydrogen) atoms. The van der Waals surface area contributed by atoms with Gasteiger partial charge in [-0.15, -0.1) is 11.6 Å². The van der Waals surface area contributed by atoms with Crippen molar-refractivity contribution in [1.82, 2.24) is 0 Å². The maximum Gasteiger partial charge on any atom is 0.227 e. The Bertz CT molecular complexity index is 434. The van der Waals surface area contributed by atoms with E-state index in [0.29, 0.717) is 12.3 Å². The predicted molar refractivity (Wildman–Crippen MR) is 73.6 cm³/mol. The number of nitrogens with zero attached hydrogens (tertiary/aromatic N) is 1. The highest BCUT2D eigenvalue weighted by Gasteiger charge is 2.23. The first-order chi connectivity index (χ1) is 8.76. The Morgan fingerprint density at radius 1 is 1.33 bits per heavy atom. The molecule has 2 rings (SSSR count). The predicted octanol–water partition coefficient (Wildman–Crippen LogP) is 2.99. The second-order valence-corrected chi connectivity index (χ2v) is 4.81. The Kier molecular flexibility index (Phi) is 4.48. The molecule has 0 N–H and O–H groups in total. The van der Waals surface area contributed by atoms with Gasteiger partial charge in [0.1, 0.15) is 5.75 Å². The number of carbonyl (C=O) groups excluding carboxylic acids is 1. The second-order valence-electron chi connectivity index (χ2n) is 4.44. The first kappa shape index (κ1) is 13.2. The minimum Gasteiger partial charge on any atom is -0.497 e. The lowest BCUT2D eigenvalue weighted by Gasteiger charge is -2.29. The van der Waals surface area contributed by atoms with Crippen molar-refractivity contribution in [2.75, 3.05) is 24.4 Å². The fourth-order valence-corrected chi connectivity index (χ4v) is 2.44. The molecule has 4 heteroatoms. The third kappa shape index (κ3) is 2.78. The van der Waals surface area contributed by atoms with Gasteiger partial charge in [0.15, 0.2) is 0 Å². The summed E-state index contributed by atoms with van der Waals surface area (Å²) in [4.78, 5) is 13.9. The van der Waals surface area contributed by atoms with Crippen LogP contribution in [0, 0.1) is 0 Å². The molecular weight excluding hydrogens is 250 g/mol. The number of fused-ring (bicyclic) bond motifs is 1. The molecule has 98 valence electrons. The minimum atomic E-state index is 0.199. The van der Waals surface area contributed by atoms with Crippen molar-refractivity contribution in [1.29, 1.82) is 0 Å².